The van der Waals surface area contributed by atoms with Crippen molar-refractivity contribution in [3.8, 4) is 0 Å². The number of amides is 2. The lowest BCUT2D eigenvalue weighted by Crippen LogP contribution is -2.62. The molecular weight excluding hydrogens is 432 g/mol. The van der Waals surface area contributed by atoms with E-state index in [0.29, 0.717) is 13.0 Å². The van der Waals surface area contributed by atoms with E-state index < -0.39 is 28.1 Å². The number of thioether (sulfide) groups is 1. The van der Waals surface area contributed by atoms with Gasteiger partial charge in [-0.3, -0.25) is 9.59 Å². The molecule has 28 heavy (non-hydrogen) atoms. The lowest BCUT2D eigenvalue weighted by molar-refractivity contribution is -0.141. The molecule has 12 nitrogen and oxygen atoms in total. The van der Waals surface area contributed by atoms with Gasteiger partial charge in [0.15, 0.2) is 4.34 Å². The van der Waals surface area contributed by atoms with Gasteiger partial charge in [0.2, 0.25) is 6.04 Å². The Labute approximate surface area is 170 Å². The molecule has 2 amide bonds. The molecule has 1 aliphatic rings. The maximum Gasteiger partial charge on any atom is 0.331 e. The number of nitrogens with zero attached hydrogens (tertiary/aromatic N) is 6. The van der Waals surface area contributed by atoms with E-state index in [1.165, 1.54) is 26.0 Å². The fourth-order valence-electron chi connectivity index (χ4n) is 2.15. The van der Waals surface area contributed by atoms with Gasteiger partial charge in [-0.1, -0.05) is 30.0 Å². The van der Waals surface area contributed by atoms with Crippen LogP contribution in [-0.2, 0) is 29.3 Å². The van der Waals surface area contributed by atoms with E-state index in [-0.39, 0.29) is 31.4 Å². The predicted octanol–water partition coefficient (Wildman–Crippen LogP) is 0.311. The highest BCUT2D eigenvalue weighted by Crippen LogP contribution is 2.28. The largest absolute Gasteiger partial charge is 0.383 e. The van der Waals surface area contributed by atoms with Crippen LogP contribution in [0.15, 0.2) is 14.6 Å². The number of carbonyl (C=O) groups is 2. The number of rotatable bonds is 10. The van der Waals surface area contributed by atoms with E-state index in [1.54, 1.807) is 0 Å². The molecule has 2 rings (SSSR count). The average Bonchev–Trinajstić information content (AvgIpc) is 3.09. The highest BCUT2D eigenvalue weighted by Gasteiger charge is 2.50. The normalized spacial score (nSPS) is 17.8. The maximum absolute atomic E-state index is 12.6. The van der Waals surface area contributed by atoms with Crippen LogP contribution >= 0.6 is 23.1 Å². The van der Waals surface area contributed by atoms with Crippen molar-refractivity contribution in [1.82, 2.24) is 18.8 Å². The molecular formula is C13H20N6O6S3. The van der Waals surface area contributed by atoms with Gasteiger partial charge in [-0.15, -0.1) is 15.3 Å². The summed E-state index contributed by atoms with van der Waals surface area (Å²) in [5.74, 6) is -1.19. The summed E-state index contributed by atoms with van der Waals surface area (Å²) in [4.78, 5) is 25.3. The zero-order valence-corrected chi connectivity index (χ0v) is 17.9. The summed E-state index contributed by atoms with van der Waals surface area (Å²) in [7, 11) is -1.61. The lowest BCUT2D eigenvalue weighted by atomic mass is 10.2. The summed E-state index contributed by atoms with van der Waals surface area (Å²) in [5.41, 5.74) is 0. The minimum Gasteiger partial charge on any atom is -0.383 e. The number of ether oxygens (including phenoxy) is 2. The minimum atomic E-state index is -4.35. The Hall–Kier alpha value is -1.68. The Morgan fingerprint density at radius 3 is 2.18 bits per heavy atom. The number of hydrogen-bond acceptors (Lipinski definition) is 12. The van der Waals surface area contributed by atoms with Crippen molar-refractivity contribution in [3.05, 3.63) is 0 Å². The van der Waals surface area contributed by atoms with Crippen LogP contribution in [0.5, 0.6) is 0 Å². The lowest BCUT2D eigenvalue weighted by Gasteiger charge is -2.36. The van der Waals surface area contributed by atoms with E-state index in [9.17, 15) is 18.0 Å². The molecule has 0 N–H and O–H groups in total. The number of methoxy groups -OCH3 is 2. The van der Waals surface area contributed by atoms with E-state index in [1.807, 2.05) is 6.92 Å². The zero-order chi connectivity index (χ0) is 20.7. The molecule has 0 spiro atoms. The van der Waals surface area contributed by atoms with Crippen molar-refractivity contribution in [2.24, 2.45) is 10.2 Å². The fraction of sp³-hybridized carbons (Fsp3) is 0.692. The quantitative estimate of drug-likeness (QED) is 0.278. The SMILES string of the molecule is CCSc1nnc(N=NC2C(=O)N(CCOC)S(=O)(=O)N(CCOC)C2=O)s1. The Kier molecular flexibility index (Phi) is 8.23. The second kappa shape index (κ2) is 10.2. The third-order valence-corrected chi connectivity index (χ3v) is 7.10. The molecule has 156 valence electrons. The summed E-state index contributed by atoms with van der Waals surface area (Å²) in [6, 6.07) is -1.64. The predicted molar refractivity (Wildman–Crippen MR) is 101 cm³/mol. The summed E-state index contributed by atoms with van der Waals surface area (Å²) in [5, 5.41) is 15.5. The minimum absolute atomic E-state index is 0.0326. The Morgan fingerprint density at radius 2 is 1.68 bits per heavy atom. The molecule has 1 aliphatic heterocycles. The summed E-state index contributed by atoms with van der Waals surface area (Å²) in [6.07, 6.45) is 0. The number of hydrogen-bond donors (Lipinski definition) is 0. The third kappa shape index (κ3) is 5.02. The maximum atomic E-state index is 12.6. The fourth-order valence-corrected chi connectivity index (χ4v) is 5.22. The van der Waals surface area contributed by atoms with Gasteiger partial charge in [0.25, 0.3) is 16.9 Å². The van der Waals surface area contributed by atoms with E-state index in [2.05, 4.69) is 20.4 Å². The Morgan fingerprint density at radius 1 is 1.11 bits per heavy atom. The van der Waals surface area contributed by atoms with Crippen molar-refractivity contribution in [1.29, 1.82) is 0 Å². The molecule has 0 unspecified atom stereocenters. The number of aromatic nitrogens is 2. The molecule has 0 atom stereocenters. The standard InChI is InChI=1S/C13H20N6O6S3/c1-4-26-13-17-16-12(27-13)15-14-9-10(20)18(5-7-24-2)28(22,23)19(11(9)21)6-8-25-3/h9H,4-8H2,1-3H3. The molecule has 15 heteroatoms. The number of azo groups is 1. The van der Waals surface area contributed by atoms with Crippen molar-refractivity contribution in [3.63, 3.8) is 0 Å². The van der Waals surface area contributed by atoms with Crippen LogP contribution < -0.4 is 0 Å². The van der Waals surface area contributed by atoms with Gasteiger partial charge in [0.05, 0.1) is 26.3 Å². The molecule has 0 aliphatic carbocycles. The zero-order valence-electron chi connectivity index (χ0n) is 15.5. The first-order chi connectivity index (χ1) is 13.4. The third-order valence-electron chi connectivity index (χ3n) is 3.44. The highest BCUT2D eigenvalue weighted by atomic mass is 32.2. The van der Waals surface area contributed by atoms with E-state index in [4.69, 9.17) is 9.47 Å². The molecule has 0 aromatic carbocycles. The Bertz CT molecular complexity index is 794. The van der Waals surface area contributed by atoms with Crippen LogP contribution in [0.2, 0.25) is 0 Å². The molecule has 1 saturated heterocycles. The van der Waals surface area contributed by atoms with E-state index in [0.717, 1.165) is 17.1 Å². The highest BCUT2D eigenvalue weighted by molar-refractivity contribution is 8.01. The first kappa shape index (κ1) is 22.6. The first-order valence-corrected chi connectivity index (χ1v) is 11.3. The second-order valence-corrected chi connectivity index (χ2v) is 9.46. The molecule has 1 fully saturated rings. The molecule has 1 aromatic rings. The van der Waals surface area contributed by atoms with Crippen molar-refractivity contribution < 1.29 is 27.5 Å². The van der Waals surface area contributed by atoms with Crippen LogP contribution in [0.25, 0.3) is 0 Å². The van der Waals surface area contributed by atoms with Gasteiger partial charge in [-0.25, -0.2) is 8.61 Å². The van der Waals surface area contributed by atoms with Crippen LogP contribution in [-0.4, -0.2) is 91.4 Å². The van der Waals surface area contributed by atoms with Crippen molar-refractivity contribution in [2.45, 2.75) is 17.3 Å². The van der Waals surface area contributed by atoms with Gasteiger partial charge in [0, 0.05) is 14.2 Å². The first-order valence-electron chi connectivity index (χ1n) is 8.09. The summed E-state index contributed by atoms with van der Waals surface area (Å²) in [6.45, 7) is 1.38. The van der Waals surface area contributed by atoms with Crippen LogP contribution in [0.4, 0.5) is 5.13 Å². The molecule has 0 bridgehead atoms. The van der Waals surface area contributed by atoms with Crippen molar-refractivity contribution >= 4 is 50.3 Å². The van der Waals surface area contributed by atoms with Crippen LogP contribution in [0.1, 0.15) is 6.92 Å². The second-order valence-electron chi connectivity index (χ2n) is 5.22. The van der Waals surface area contributed by atoms with Crippen LogP contribution in [0.3, 0.4) is 0 Å². The van der Waals surface area contributed by atoms with Crippen LogP contribution in [0, 0.1) is 0 Å². The molecule has 2 heterocycles. The van der Waals surface area contributed by atoms with Gasteiger partial charge in [-0.05, 0) is 5.75 Å². The monoisotopic (exact) mass is 452 g/mol. The summed E-state index contributed by atoms with van der Waals surface area (Å²) < 4.78 is 36.8. The molecule has 0 saturated carbocycles. The number of carbonyl (C=O) groups excluding carboxylic acids is 2. The smallest absolute Gasteiger partial charge is 0.331 e. The van der Waals surface area contributed by atoms with E-state index >= 15 is 0 Å². The molecule has 0 radical (unpaired) electrons. The van der Waals surface area contributed by atoms with Gasteiger partial charge < -0.3 is 9.47 Å². The topological polar surface area (TPSA) is 144 Å². The average molecular weight is 453 g/mol. The molecule has 1 aromatic heterocycles. The van der Waals surface area contributed by atoms with Gasteiger partial charge in [0.1, 0.15) is 0 Å². The van der Waals surface area contributed by atoms with Crippen molar-refractivity contribution in [2.75, 3.05) is 46.3 Å². The van der Waals surface area contributed by atoms with Gasteiger partial charge >= 0.3 is 10.2 Å². The Balaban J connectivity index is 2.30. The summed E-state index contributed by atoms with van der Waals surface area (Å²) >= 11 is 2.61. The van der Waals surface area contributed by atoms with Gasteiger partial charge in [-0.2, -0.15) is 13.5 Å².